The third-order valence-corrected chi connectivity index (χ3v) is 4.52. The average Bonchev–Trinajstić information content (AvgIpc) is 2.67. The van der Waals surface area contributed by atoms with Crippen LogP contribution < -0.4 is 11.1 Å². The van der Waals surface area contributed by atoms with Gasteiger partial charge in [-0.15, -0.1) is 0 Å². The van der Waals surface area contributed by atoms with Crippen molar-refractivity contribution in [2.75, 3.05) is 11.9 Å². The van der Waals surface area contributed by atoms with Crippen molar-refractivity contribution in [2.24, 2.45) is 5.73 Å². The van der Waals surface area contributed by atoms with E-state index < -0.39 is 0 Å². The van der Waals surface area contributed by atoms with Gasteiger partial charge in [-0.25, -0.2) is 0 Å². The highest BCUT2D eigenvalue weighted by Crippen LogP contribution is 2.54. The normalized spacial score (nSPS) is 32.9. The molecule has 2 atom stereocenters. The van der Waals surface area contributed by atoms with Crippen LogP contribution in [0.2, 0.25) is 5.02 Å². The van der Waals surface area contributed by atoms with Gasteiger partial charge in [0.1, 0.15) is 0 Å². The molecule has 1 saturated carbocycles. The van der Waals surface area contributed by atoms with Crippen LogP contribution in [0.3, 0.4) is 0 Å². The van der Waals surface area contributed by atoms with Crippen LogP contribution in [0.1, 0.15) is 12.0 Å². The Morgan fingerprint density at radius 1 is 1.57 bits per heavy atom. The summed E-state index contributed by atoms with van der Waals surface area (Å²) in [7, 11) is 0. The molecule has 1 aromatic rings. The molecule has 3 N–H and O–H groups in total. The topological polar surface area (TPSA) is 38.0 Å². The molecule has 1 heterocycles. The van der Waals surface area contributed by atoms with E-state index in [1.165, 1.54) is 5.56 Å². The van der Waals surface area contributed by atoms with E-state index >= 15 is 0 Å². The maximum Gasteiger partial charge on any atom is 0.0568 e. The van der Waals surface area contributed by atoms with E-state index in [0.717, 1.165) is 28.1 Å². The van der Waals surface area contributed by atoms with Gasteiger partial charge in [0.2, 0.25) is 0 Å². The van der Waals surface area contributed by atoms with E-state index in [1.54, 1.807) is 0 Å². The molecule has 1 fully saturated rings. The highest BCUT2D eigenvalue weighted by Gasteiger charge is 2.56. The van der Waals surface area contributed by atoms with Gasteiger partial charge < -0.3 is 11.1 Å². The Kier molecular flexibility index (Phi) is 1.71. The largest absolute Gasteiger partial charge is 0.384 e. The average molecular weight is 274 g/mol. The quantitative estimate of drug-likeness (QED) is 0.762. The van der Waals surface area contributed by atoms with Crippen LogP contribution in [0.4, 0.5) is 5.69 Å². The van der Waals surface area contributed by atoms with Crippen molar-refractivity contribution >= 4 is 33.2 Å². The predicted molar refractivity (Wildman–Crippen MR) is 61.9 cm³/mol. The minimum absolute atomic E-state index is 0.197. The first-order valence-electron chi connectivity index (χ1n) is 4.62. The van der Waals surface area contributed by atoms with E-state index in [2.05, 4.69) is 27.3 Å². The number of anilines is 1. The summed E-state index contributed by atoms with van der Waals surface area (Å²) in [5.41, 5.74) is 8.64. The van der Waals surface area contributed by atoms with Crippen molar-refractivity contribution in [1.29, 1.82) is 0 Å². The van der Waals surface area contributed by atoms with Gasteiger partial charge in [-0.2, -0.15) is 0 Å². The van der Waals surface area contributed by atoms with E-state index in [4.69, 9.17) is 17.3 Å². The summed E-state index contributed by atoms with van der Waals surface area (Å²) in [5, 5.41) is 4.12. The summed E-state index contributed by atoms with van der Waals surface area (Å²) in [5.74, 6) is 0. The Balaban J connectivity index is 2.17. The van der Waals surface area contributed by atoms with Crippen LogP contribution in [0.15, 0.2) is 16.6 Å². The summed E-state index contributed by atoms with van der Waals surface area (Å²) in [6.07, 6.45) is 1.08. The number of hydrogen-bond donors (Lipinski definition) is 2. The van der Waals surface area contributed by atoms with Gasteiger partial charge in [0.25, 0.3) is 0 Å². The standard InChI is InChI=1S/C10H10BrClN2/c11-6-1-5-8(2-7(6)12)14-4-10(5)3-9(10)13/h1-2,9,14H,3-4,13H2. The van der Waals surface area contributed by atoms with Gasteiger partial charge in [0, 0.05) is 28.2 Å². The Morgan fingerprint density at radius 3 is 2.93 bits per heavy atom. The Labute approximate surface area is 95.9 Å². The van der Waals surface area contributed by atoms with E-state index in [-0.39, 0.29) is 5.41 Å². The molecule has 1 spiro atoms. The minimum Gasteiger partial charge on any atom is -0.384 e. The molecule has 74 valence electrons. The number of benzene rings is 1. The molecule has 0 radical (unpaired) electrons. The molecule has 3 rings (SSSR count). The fourth-order valence-electron chi connectivity index (χ4n) is 2.30. The molecule has 4 heteroatoms. The maximum absolute atomic E-state index is 6.02. The van der Waals surface area contributed by atoms with Gasteiger partial charge >= 0.3 is 0 Å². The van der Waals surface area contributed by atoms with Gasteiger partial charge in [0.05, 0.1) is 5.02 Å². The maximum atomic E-state index is 6.02. The van der Waals surface area contributed by atoms with Gasteiger partial charge in [0.15, 0.2) is 0 Å². The molecule has 2 unspecified atom stereocenters. The number of halogens is 2. The second-order valence-electron chi connectivity index (χ2n) is 4.13. The van der Waals surface area contributed by atoms with Crippen LogP contribution in [0.25, 0.3) is 0 Å². The van der Waals surface area contributed by atoms with Crippen molar-refractivity contribution in [2.45, 2.75) is 17.9 Å². The van der Waals surface area contributed by atoms with E-state index in [1.807, 2.05) is 6.07 Å². The first-order valence-corrected chi connectivity index (χ1v) is 5.79. The smallest absolute Gasteiger partial charge is 0.0568 e. The lowest BCUT2D eigenvalue weighted by Gasteiger charge is -2.08. The van der Waals surface area contributed by atoms with Gasteiger partial charge in [-0.05, 0) is 40.0 Å². The second-order valence-corrected chi connectivity index (χ2v) is 5.39. The van der Waals surface area contributed by atoms with Crippen molar-refractivity contribution in [3.63, 3.8) is 0 Å². The molecule has 2 aliphatic rings. The second kappa shape index (κ2) is 2.65. The zero-order valence-electron chi connectivity index (χ0n) is 7.48. The third kappa shape index (κ3) is 1.01. The monoisotopic (exact) mass is 272 g/mol. The van der Waals surface area contributed by atoms with Crippen LogP contribution in [-0.2, 0) is 5.41 Å². The summed E-state index contributed by atoms with van der Waals surface area (Å²) in [4.78, 5) is 0. The third-order valence-electron chi connectivity index (χ3n) is 3.32. The fourth-order valence-corrected chi connectivity index (χ4v) is 2.81. The SMILES string of the molecule is NC1CC12CNc1cc(Cl)c(Br)cc12. The first kappa shape index (κ1) is 9.01. The van der Waals surface area contributed by atoms with Crippen LogP contribution in [0.5, 0.6) is 0 Å². The van der Waals surface area contributed by atoms with Crippen molar-refractivity contribution in [3.8, 4) is 0 Å². The zero-order valence-corrected chi connectivity index (χ0v) is 9.82. The van der Waals surface area contributed by atoms with Crippen LogP contribution in [0, 0.1) is 0 Å². The van der Waals surface area contributed by atoms with E-state index in [9.17, 15) is 0 Å². The fraction of sp³-hybridized carbons (Fsp3) is 0.400. The molecular weight excluding hydrogens is 263 g/mol. The van der Waals surface area contributed by atoms with Crippen molar-refractivity contribution < 1.29 is 0 Å². The summed E-state index contributed by atoms with van der Waals surface area (Å²) < 4.78 is 0.958. The van der Waals surface area contributed by atoms with Crippen LogP contribution >= 0.6 is 27.5 Å². The number of rotatable bonds is 0. The van der Waals surface area contributed by atoms with E-state index in [0.29, 0.717) is 6.04 Å². The molecule has 1 aliphatic heterocycles. The van der Waals surface area contributed by atoms with Gasteiger partial charge in [-0.3, -0.25) is 0 Å². The molecule has 0 aromatic heterocycles. The molecule has 14 heavy (non-hydrogen) atoms. The van der Waals surface area contributed by atoms with Crippen molar-refractivity contribution in [1.82, 2.24) is 0 Å². The van der Waals surface area contributed by atoms with Crippen molar-refractivity contribution in [3.05, 3.63) is 27.2 Å². The molecule has 0 amide bonds. The first-order chi connectivity index (χ1) is 6.63. The highest BCUT2D eigenvalue weighted by atomic mass is 79.9. The molecule has 0 saturated heterocycles. The molecule has 1 aliphatic carbocycles. The lowest BCUT2D eigenvalue weighted by molar-refractivity contribution is 0.733. The summed E-state index contributed by atoms with van der Waals surface area (Å²) in [6, 6.07) is 4.38. The Bertz CT molecular complexity index is 421. The molecular formula is C10H10BrClN2. The van der Waals surface area contributed by atoms with Crippen LogP contribution in [-0.4, -0.2) is 12.6 Å². The number of nitrogens with two attached hydrogens (primary N) is 1. The predicted octanol–water partition coefficient (Wildman–Crippen LogP) is 2.50. The molecule has 2 nitrogen and oxygen atoms in total. The summed E-state index contributed by atoms with van der Waals surface area (Å²) >= 11 is 9.47. The number of hydrogen-bond acceptors (Lipinski definition) is 2. The number of fused-ring (bicyclic) bond motifs is 2. The lowest BCUT2D eigenvalue weighted by atomic mass is 9.98. The van der Waals surface area contributed by atoms with Gasteiger partial charge in [-0.1, -0.05) is 11.6 Å². The zero-order chi connectivity index (χ0) is 9.92. The molecule has 0 bridgehead atoms. The Hall–Kier alpha value is -0.250. The molecule has 1 aromatic carbocycles. The summed E-state index contributed by atoms with van der Waals surface area (Å²) in [6.45, 7) is 0.955. The minimum atomic E-state index is 0.197. The lowest BCUT2D eigenvalue weighted by Crippen LogP contribution is -2.20. The Morgan fingerprint density at radius 2 is 2.29 bits per heavy atom. The number of nitrogens with one attached hydrogen (secondary N) is 1. The highest BCUT2D eigenvalue weighted by molar-refractivity contribution is 9.10.